The molecule has 8 heteroatoms. The molecule has 1 heterocycles. The number of rotatable bonds is 7. The Kier molecular flexibility index (Phi) is 6.39. The largest absolute Gasteiger partial charge is 0.355 e. The van der Waals surface area contributed by atoms with E-state index in [2.05, 4.69) is 16.0 Å². The molecule has 0 spiro atoms. The van der Waals surface area contributed by atoms with Crippen LogP contribution in [0.3, 0.4) is 0 Å². The lowest BCUT2D eigenvalue weighted by atomic mass is 9.82. The van der Waals surface area contributed by atoms with Crippen molar-refractivity contribution in [2.75, 3.05) is 18.9 Å². The summed E-state index contributed by atoms with van der Waals surface area (Å²) in [5, 5.41) is 7.98. The number of nitrogens with zero attached hydrogens (tertiary/aromatic N) is 1. The van der Waals surface area contributed by atoms with Crippen molar-refractivity contribution < 1.29 is 19.2 Å². The number of hydrogen-bond acceptors (Lipinski definition) is 4. The summed E-state index contributed by atoms with van der Waals surface area (Å²) >= 11 is 0. The minimum Gasteiger partial charge on any atom is -0.355 e. The molecule has 5 amide bonds. The van der Waals surface area contributed by atoms with Gasteiger partial charge in [0.05, 0.1) is 0 Å². The van der Waals surface area contributed by atoms with Crippen LogP contribution >= 0.6 is 0 Å². The van der Waals surface area contributed by atoms with Gasteiger partial charge in [-0.3, -0.25) is 19.3 Å². The van der Waals surface area contributed by atoms with E-state index in [1.165, 1.54) is 13.1 Å². The molecule has 0 bridgehead atoms. The lowest BCUT2D eigenvalue weighted by molar-refractivity contribution is -0.134. The van der Waals surface area contributed by atoms with E-state index in [-0.39, 0.29) is 11.8 Å². The molecule has 1 aliphatic rings. The van der Waals surface area contributed by atoms with E-state index in [4.69, 9.17) is 0 Å². The normalized spacial score (nSPS) is 18.1. The number of hydrogen-bond donors (Lipinski definition) is 3. The number of carbonyl (C=O) groups is 4. The third kappa shape index (κ3) is 4.58. The first-order valence-electron chi connectivity index (χ1n) is 10.1. The van der Waals surface area contributed by atoms with Crippen molar-refractivity contribution in [3.05, 3.63) is 65.7 Å². The summed E-state index contributed by atoms with van der Waals surface area (Å²) < 4.78 is 0. The minimum absolute atomic E-state index is 0.130. The summed E-state index contributed by atoms with van der Waals surface area (Å²) in [6.07, 6.45) is 0.411. The number of benzene rings is 2. The summed E-state index contributed by atoms with van der Waals surface area (Å²) in [7, 11) is 1.52. The van der Waals surface area contributed by atoms with Gasteiger partial charge in [0, 0.05) is 18.3 Å². The number of nitrogens with one attached hydrogen (secondary N) is 3. The van der Waals surface area contributed by atoms with Crippen molar-refractivity contribution in [2.45, 2.75) is 25.8 Å². The molecule has 2 aromatic carbocycles. The highest BCUT2D eigenvalue weighted by Crippen LogP contribution is 2.35. The van der Waals surface area contributed by atoms with Crippen LogP contribution < -0.4 is 16.0 Å². The van der Waals surface area contributed by atoms with Crippen molar-refractivity contribution in [3.8, 4) is 0 Å². The lowest BCUT2D eigenvalue weighted by Crippen LogP contribution is -2.45. The first-order valence-corrected chi connectivity index (χ1v) is 10.1. The molecule has 8 nitrogen and oxygen atoms in total. The van der Waals surface area contributed by atoms with Crippen molar-refractivity contribution in [1.82, 2.24) is 15.5 Å². The Labute approximate surface area is 181 Å². The molecule has 1 fully saturated rings. The van der Waals surface area contributed by atoms with Gasteiger partial charge in [-0.15, -0.1) is 0 Å². The number of imide groups is 1. The standard InChI is InChI=1S/C23H26N4O4/c1-15(2)13-23(17-9-5-4-6-10-17)21(30)27(22(31)26-23)14-19(28)25-18-11-7-8-16(12-18)20(29)24-3/h4-12,15H,13-14H2,1-3H3,(H,24,29)(H,25,28)(H,26,31). The van der Waals surface area contributed by atoms with E-state index in [0.717, 1.165) is 4.90 Å². The fourth-order valence-electron chi connectivity index (χ4n) is 3.78. The SMILES string of the molecule is CNC(=O)c1cccc(NC(=O)CN2C(=O)NC(CC(C)C)(c3ccccc3)C2=O)c1. The summed E-state index contributed by atoms with van der Waals surface area (Å²) in [6, 6.07) is 14.9. The Hall–Kier alpha value is -3.68. The number of anilines is 1. The molecule has 0 aliphatic carbocycles. The fourth-order valence-corrected chi connectivity index (χ4v) is 3.78. The van der Waals surface area contributed by atoms with Gasteiger partial charge in [0.15, 0.2) is 0 Å². The van der Waals surface area contributed by atoms with Crippen molar-refractivity contribution in [2.24, 2.45) is 5.92 Å². The lowest BCUT2D eigenvalue weighted by Gasteiger charge is -2.29. The topological polar surface area (TPSA) is 108 Å². The van der Waals surface area contributed by atoms with Crippen LogP contribution in [-0.2, 0) is 15.1 Å². The molecule has 1 aliphatic heterocycles. The van der Waals surface area contributed by atoms with Gasteiger partial charge in [-0.05, 0) is 36.1 Å². The monoisotopic (exact) mass is 422 g/mol. The molecule has 31 heavy (non-hydrogen) atoms. The second-order valence-electron chi connectivity index (χ2n) is 7.90. The molecule has 2 aromatic rings. The quantitative estimate of drug-likeness (QED) is 0.596. The summed E-state index contributed by atoms with van der Waals surface area (Å²) in [5.41, 5.74) is 0.263. The maximum absolute atomic E-state index is 13.4. The summed E-state index contributed by atoms with van der Waals surface area (Å²) in [6.45, 7) is 3.51. The highest BCUT2D eigenvalue weighted by Gasteiger charge is 2.52. The van der Waals surface area contributed by atoms with Crippen LogP contribution in [0.15, 0.2) is 54.6 Å². The zero-order chi connectivity index (χ0) is 22.6. The van der Waals surface area contributed by atoms with Crippen LogP contribution in [-0.4, -0.2) is 42.2 Å². The van der Waals surface area contributed by atoms with Crippen LogP contribution in [0.5, 0.6) is 0 Å². The smallest absolute Gasteiger partial charge is 0.325 e. The van der Waals surface area contributed by atoms with Gasteiger partial charge in [0.2, 0.25) is 5.91 Å². The average molecular weight is 422 g/mol. The molecule has 1 atom stereocenters. The number of carbonyl (C=O) groups excluding carboxylic acids is 4. The van der Waals surface area contributed by atoms with Gasteiger partial charge < -0.3 is 16.0 Å². The van der Waals surface area contributed by atoms with Crippen LogP contribution in [0.4, 0.5) is 10.5 Å². The Morgan fingerprint density at radius 2 is 1.77 bits per heavy atom. The molecule has 0 aromatic heterocycles. The molecule has 0 radical (unpaired) electrons. The fraction of sp³-hybridized carbons (Fsp3) is 0.304. The van der Waals surface area contributed by atoms with Crippen molar-refractivity contribution in [3.63, 3.8) is 0 Å². The van der Waals surface area contributed by atoms with Crippen LogP contribution in [0.1, 0.15) is 36.2 Å². The second-order valence-corrected chi connectivity index (χ2v) is 7.90. The Bertz CT molecular complexity index is 1010. The molecule has 3 rings (SSSR count). The van der Waals surface area contributed by atoms with Gasteiger partial charge in [-0.25, -0.2) is 4.79 Å². The van der Waals surface area contributed by atoms with E-state index in [9.17, 15) is 19.2 Å². The van der Waals surface area contributed by atoms with Gasteiger partial charge in [0.1, 0.15) is 12.1 Å². The molecule has 162 valence electrons. The van der Waals surface area contributed by atoms with E-state index in [1.807, 2.05) is 32.0 Å². The second kappa shape index (κ2) is 8.99. The van der Waals surface area contributed by atoms with Gasteiger partial charge in [-0.1, -0.05) is 50.2 Å². The molecular formula is C23H26N4O4. The maximum atomic E-state index is 13.4. The van der Waals surface area contributed by atoms with E-state index in [0.29, 0.717) is 23.2 Å². The Balaban J connectivity index is 1.79. The van der Waals surface area contributed by atoms with Crippen LogP contribution in [0, 0.1) is 5.92 Å². The van der Waals surface area contributed by atoms with Crippen molar-refractivity contribution >= 4 is 29.4 Å². The van der Waals surface area contributed by atoms with Gasteiger partial charge in [0.25, 0.3) is 11.8 Å². The predicted molar refractivity (Wildman–Crippen MR) is 116 cm³/mol. The molecule has 0 saturated carbocycles. The van der Waals surface area contributed by atoms with Gasteiger partial charge >= 0.3 is 6.03 Å². The van der Waals surface area contributed by atoms with E-state index in [1.54, 1.807) is 30.3 Å². The molecule has 1 unspecified atom stereocenters. The first-order chi connectivity index (χ1) is 14.8. The third-order valence-corrected chi connectivity index (χ3v) is 5.09. The summed E-state index contributed by atoms with van der Waals surface area (Å²) in [4.78, 5) is 51.4. The Morgan fingerprint density at radius 3 is 2.42 bits per heavy atom. The van der Waals surface area contributed by atoms with E-state index < -0.39 is 29.9 Å². The van der Waals surface area contributed by atoms with Crippen LogP contribution in [0.2, 0.25) is 0 Å². The number of amides is 5. The molecule has 1 saturated heterocycles. The summed E-state index contributed by atoms with van der Waals surface area (Å²) in [5.74, 6) is -1.14. The first kappa shape index (κ1) is 22.0. The zero-order valence-electron chi connectivity index (χ0n) is 17.8. The average Bonchev–Trinajstić information content (AvgIpc) is 2.98. The predicted octanol–water partition coefficient (Wildman–Crippen LogP) is 2.48. The minimum atomic E-state index is -1.20. The third-order valence-electron chi connectivity index (χ3n) is 5.09. The number of urea groups is 1. The zero-order valence-corrected chi connectivity index (χ0v) is 17.8. The Morgan fingerprint density at radius 1 is 1.06 bits per heavy atom. The van der Waals surface area contributed by atoms with Gasteiger partial charge in [-0.2, -0.15) is 0 Å². The van der Waals surface area contributed by atoms with E-state index >= 15 is 0 Å². The van der Waals surface area contributed by atoms with Crippen molar-refractivity contribution in [1.29, 1.82) is 0 Å². The highest BCUT2D eigenvalue weighted by atomic mass is 16.2. The molecular weight excluding hydrogens is 396 g/mol. The maximum Gasteiger partial charge on any atom is 0.325 e. The van der Waals surface area contributed by atoms with Crippen LogP contribution in [0.25, 0.3) is 0 Å². The highest BCUT2D eigenvalue weighted by molar-refractivity contribution is 6.10. The molecule has 3 N–H and O–H groups in total.